The topological polar surface area (TPSA) is 46.9 Å². The van der Waals surface area contributed by atoms with E-state index in [1.807, 2.05) is 60.8 Å². The molecule has 0 saturated heterocycles. The molecule has 0 radical (unpaired) electrons. The Morgan fingerprint density at radius 3 is 2.58 bits per heavy atom. The minimum Gasteiger partial charge on any atom is -0.352 e. The highest BCUT2D eigenvalue weighted by atomic mass is 79.9. The third kappa shape index (κ3) is 4.32. The average Bonchev–Trinajstić information content (AvgIpc) is 3.14. The number of hydrogen-bond donors (Lipinski definition) is 1. The Hall–Kier alpha value is -2.40. The van der Waals surface area contributed by atoms with Gasteiger partial charge in [0.2, 0.25) is 5.91 Å². The van der Waals surface area contributed by atoms with Crippen molar-refractivity contribution in [2.24, 2.45) is 0 Å². The molecule has 0 aliphatic heterocycles. The van der Waals surface area contributed by atoms with E-state index in [2.05, 4.69) is 26.3 Å². The Kier molecular flexibility index (Phi) is 5.43. The summed E-state index contributed by atoms with van der Waals surface area (Å²) in [4.78, 5) is 12.0. The van der Waals surface area contributed by atoms with Crippen molar-refractivity contribution in [1.82, 2.24) is 15.1 Å². The van der Waals surface area contributed by atoms with Crippen LogP contribution >= 0.6 is 15.9 Å². The fraction of sp³-hybridized carbons (Fsp3) is 0.158. The highest BCUT2D eigenvalue weighted by Crippen LogP contribution is 2.17. The standard InChI is InChI=1S/C19H18BrN3O/c20-18-5-2-1-4-16(18)8-11-19(24)21-14-15-6-9-17(10-7-15)23-13-3-12-22-23/h1-7,9-10,12-13H,8,11,14H2,(H,21,24). The summed E-state index contributed by atoms with van der Waals surface area (Å²) in [6, 6.07) is 17.9. The molecule has 3 aromatic rings. The predicted molar refractivity (Wildman–Crippen MR) is 97.9 cm³/mol. The zero-order valence-electron chi connectivity index (χ0n) is 13.2. The fourth-order valence-corrected chi connectivity index (χ4v) is 2.91. The van der Waals surface area contributed by atoms with Crippen molar-refractivity contribution in [3.8, 4) is 5.69 Å². The molecule has 122 valence electrons. The molecule has 5 heteroatoms. The Morgan fingerprint density at radius 1 is 1.08 bits per heavy atom. The van der Waals surface area contributed by atoms with Crippen molar-refractivity contribution in [3.63, 3.8) is 0 Å². The minimum atomic E-state index is 0.0573. The van der Waals surface area contributed by atoms with E-state index in [4.69, 9.17) is 0 Å². The van der Waals surface area contributed by atoms with Crippen LogP contribution in [0, 0.1) is 0 Å². The molecular weight excluding hydrogens is 366 g/mol. The second-order valence-corrected chi connectivity index (χ2v) is 6.34. The number of aromatic nitrogens is 2. The first-order valence-corrected chi connectivity index (χ1v) is 8.61. The summed E-state index contributed by atoms with van der Waals surface area (Å²) in [7, 11) is 0. The molecule has 0 aliphatic carbocycles. The van der Waals surface area contributed by atoms with Gasteiger partial charge in [-0.15, -0.1) is 0 Å². The molecule has 4 nitrogen and oxygen atoms in total. The van der Waals surface area contributed by atoms with Crippen molar-refractivity contribution in [2.45, 2.75) is 19.4 Å². The van der Waals surface area contributed by atoms with Crippen molar-refractivity contribution >= 4 is 21.8 Å². The van der Waals surface area contributed by atoms with Crippen LogP contribution in [0.3, 0.4) is 0 Å². The van der Waals surface area contributed by atoms with Crippen LogP contribution in [0.15, 0.2) is 71.5 Å². The van der Waals surface area contributed by atoms with Gasteiger partial charge in [-0.3, -0.25) is 4.79 Å². The first-order chi connectivity index (χ1) is 11.7. The molecule has 2 aromatic carbocycles. The summed E-state index contributed by atoms with van der Waals surface area (Å²) in [6.45, 7) is 0.536. The van der Waals surface area contributed by atoms with Crippen LogP contribution in [0.5, 0.6) is 0 Å². The van der Waals surface area contributed by atoms with Crippen LogP contribution < -0.4 is 5.32 Å². The lowest BCUT2D eigenvalue weighted by molar-refractivity contribution is -0.121. The summed E-state index contributed by atoms with van der Waals surface area (Å²) in [5, 5.41) is 7.16. The number of aryl methyl sites for hydroxylation is 1. The van der Waals surface area contributed by atoms with Gasteiger partial charge >= 0.3 is 0 Å². The fourth-order valence-electron chi connectivity index (χ4n) is 2.43. The molecule has 0 aliphatic rings. The summed E-state index contributed by atoms with van der Waals surface area (Å²) in [5.41, 5.74) is 3.22. The molecule has 1 amide bonds. The molecule has 1 N–H and O–H groups in total. The van der Waals surface area contributed by atoms with Gasteiger partial charge in [-0.1, -0.05) is 46.3 Å². The molecule has 0 fully saturated rings. The van der Waals surface area contributed by atoms with Crippen LogP contribution in [0.25, 0.3) is 5.69 Å². The zero-order valence-corrected chi connectivity index (χ0v) is 14.7. The van der Waals surface area contributed by atoms with Crippen molar-refractivity contribution in [2.75, 3.05) is 0 Å². The number of amides is 1. The first-order valence-electron chi connectivity index (χ1n) is 7.81. The van der Waals surface area contributed by atoms with E-state index >= 15 is 0 Å². The van der Waals surface area contributed by atoms with Crippen LogP contribution in [0.4, 0.5) is 0 Å². The van der Waals surface area contributed by atoms with Gasteiger partial charge in [0.15, 0.2) is 0 Å². The quantitative estimate of drug-likeness (QED) is 0.701. The predicted octanol–water partition coefficient (Wildman–Crippen LogP) is 3.88. The van der Waals surface area contributed by atoms with Gasteiger partial charge in [0.25, 0.3) is 0 Å². The van der Waals surface area contributed by atoms with E-state index in [0.717, 1.165) is 27.7 Å². The maximum absolute atomic E-state index is 12.0. The van der Waals surface area contributed by atoms with Crippen molar-refractivity contribution < 1.29 is 4.79 Å². The lowest BCUT2D eigenvalue weighted by atomic mass is 10.1. The molecule has 24 heavy (non-hydrogen) atoms. The Balaban J connectivity index is 1.48. The van der Waals surface area contributed by atoms with Gasteiger partial charge < -0.3 is 5.32 Å². The number of carbonyl (C=O) groups excluding carboxylic acids is 1. The van der Waals surface area contributed by atoms with Gasteiger partial charge in [0, 0.05) is 29.8 Å². The van der Waals surface area contributed by atoms with E-state index in [0.29, 0.717) is 13.0 Å². The largest absolute Gasteiger partial charge is 0.352 e. The molecular formula is C19H18BrN3O. The van der Waals surface area contributed by atoms with Crippen LogP contribution in [0.2, 0.25) is 0 Å². The smallest absolute Gasteiger partial charge is 0.220 e. The van der Waals surface area contributed by atoms with Crippen molar-refractivity contribution in [1.29, 1.82) is 0 Å². The second kappa shape index (κ2) is 7.93. The third-order valence-corrected chi connectivity index (χ3v) is 4.55. The highest BCUT2D eigenvalue weighted by molar-refractivity contribution is 9.10. The van der Waals surface area contributed by atoms with E-state index in [1.165, 1.54) is 0 Å². The lowest BCUT2D eigenvalue weighted by Crippen LogP contribution is -2.23. The molecule has 0 bridgehead atoms. The molecule has 0 saturated carbocycles. The molecule has 1 heterocycles. The van der Waals surface area contributed by atoms with Crippen LogP contribution in [0.1, 0.15) is 17.5 Å². The third-order valence-electron chi connectivity index (χ3n) is 3.77. The number of nitrogens with one attached hydrogen (secondary N) is 1. The Bertz CT molecular complexity index is 798. The van der Waals surface area contributed by atoms with Crippen LogP contribution in [-0.4, -0.2) is 15.7 Å². The Morgan fingerprint density at radius 2 is 1.88 bits per heavy atom. The van der Waals surface area contributed by atoms with Crippen molar-refractivity contribution in [3.05, 3.63) is 82.6 Å². The first kappa shape index (κ1) is 16.5. The average molecular weight is 384 g/mol. The van der Waals surface area contributed by atoms with E-state index in [1.54, 1.807) is 10.9 Å². The number of nitrogens with zero attached hydrogens (tertiary/aromatic N) is 2. The maximum atomic E-state index is 12.0. The highest BCUT2D eigenvalue weighted by Gasteiger charge is 2.05. The van der Waals surface area contributed by atoms with Gasteiger partial charge in [0.1, 0.15) is 0 Å². The number of benzene rings is 2. The molecule has 0 spiro atoms. The van der Waals surface area contributed by atoms with E-state index < -0.39 is 0 Å². The van der Waals surface area contributed by atoms with E-state index in [9.17, 15) is 4.79 Å². The summed E-state index contributed by atoms with van der Waals surface area (Å²) >= 11 is 3.51. The normalized spacial score (nSPS) is 10.5. The number of carbonyl (C=O) groups is 1. The van der Waals surface area contributed by atoms with Gasteiger partial charge in [-0.25, -0.2) is 4.68 Å². The maximum Gasteiger partial charge on any atom is 0.220 e. The number of halogens is 1. The second-order valence-electron chi connectivity index (χ2n) is 5.49. The minimum absolute atomic E-state index is 0.0573. The summed E-state index contributed by atoms with van der Waals surface area (Å²) < 4.78 is 2.85. The summed E-state index contributed by atoms with van der Waals surface area (Å²) in [5.74, 6) is 0.0573. The van der Waals surface area contributed by atoms with Gasteiger partial charge in [-0.2, -0.15) is 5.10 Å². The SMILES string of the molecule is O=C(CCc1ccccc1Br)NCc1ccc(-n2cccn2)cc1. The molecule has 0 atom stereocenters. The number of rotatable bonds is 6. The van der Waals surface area contributed by atoms with Gasteiger partial charge in [-0.05, 0) is 41.8 Å². The zero-order chi connectivity index (χ0) is 16.8. The lowest BCUT2D eigenvalue weighted by Gasteiger charge is -2.08. The summed E-state index contributed by atoms with van der Waals surface area (Å²) in [6.07, 6.45) is 4.86. The van der Waals surface area contributed by atoms with Crippen LogP contribution in [-0.2, 0) is 17.8 Å². The number of hydrogen-bond acceptors (Lipinski definition) is 2. The molecule has 0 unspecified atom stereocenters. The Labute approximate surface area is 149 Å². The van der Waals surface area contributed by atoms with Gasteiger partial charge in [0.05, 0.1) is 5.69 Å². The van der Waals surface area contributed by atoms with E-state index in [-0.39, 0.29) is 5.91 Å². The molecule has 1 aromatic heterocycles. The molecule has 3 rings (SSSR count). The monoisotopic (exact) mass is 383 g/mol.